The summed E-state index contributed by atoms with van der Waals surface area (Å²) in [6.45, 7) is 0. The molecule has 8 N–H and O–H groups in total. The number of hydrogen-bond donors (Lipinski definition) is 8. The summed E-state index contributed by atoms with van der Waals surface area (Å²) in [5.41, 5.74) is 0.916. The maximum atomic E-state index is 13.6. The van der Waals surface area contributed by atoms with Gasteiger partial charge in [-0.05, 0) is 71.3 Å². The molecule has 0 fully saturated rings. The molecular formula is C36H30O16. The van der Waals surface area contributed by atoms with Crippen molar-refractivity contribution >= 4 is 30.0 Å². The van der Waals surface area contributed by atoms with E-state index in [4.69, 9.17) is 18.9 Å². The van der Waals surface area contributed by atoms with Crippen LogP contribution >= 0.6 is 0 Å². The highest BCUT2D eigenvalue weighted by Crippen LogP contribution is 2.42. The van der Waals surface area contributed by atoms with E-state index in [9.17, 15) is 60.0 Å². The van der Waals surface area contributed by atoms with Crippen LogP contribution < -0.4 is 9.47 Å². The van der Waals surface area contributed by atoms with Crippen LogP contribution in [0.1, 0.15) is 28.4 Å². The highest BCUT2D eigenvalue weighted by Gasteiger charge is 2.41. The average Bonchev–Trinajstić information content (AvgIpc) is 3.10. The highest BCUT2D eigenvalue weighted by atomic mass is 16.6. The number of aromatic hydroxyl groups is 6. The number of hydrogen-bond acceptors (Lipinski definition) is 14. The molecule has 0 saturated heterocycles. The van der Waals surface area contributed by atoms with Crippen LogP contribution in [0.15, 0.2) is 78.9 Å². The SMILES string of the molecule is O=C(/C=C/c1ccc2c(c1)O[C@@H](C(=O)O[C@@H](Cc1ccc(O)c(O)c1)C(=O)O)[C@@H](c1ccc(O)c(O)c1)O2)O[C@H](Cc1ccc(O)c(O)c1)C(=O)O. The predicted octanol–water partition coefficient (Wildman–Crippen LogP) is 3.29. The Labute approximate surface area is 293 Å². The van der Waals surface area contributed by atoms with Crippen LogP contribution in [0.4, 0.5) is 0 Å². The topological polar surface area (TPSA) is 267 Å². The summed E-state index contributed by atoms with van der Waals surface area (Å²) >= 11 is 0. The summed E-state index contributed by atoms with van der Waals surface area (Å²) in [7, 11) is 0. The van der Waals surface area contributed by atoms with Gasteiger partial charge in [0, 0.05) is 24.5 Å². The molecule has 4 aromatic rings. The second kappa shape index (κ2) is 15.2. The molecule has 1 heterocycles. The molecule has 4 atom stereocenters. The molecule has 1 aliphatic heterocycles. The standard InChI is InChI=1S/C36H30O16/c37-21-6-1-18(11-24(21)40)14-29(34(44)45)49-31(43)10-4-17-3-9-27-28(13-17)51-33(32(50-27)20-5-8-23(39)26(42)16-20)36(48)52-30(35(46)47)15-19-2-7-22(38)25(41)12-19/h1-13,16,29-30,32-33,37-42H,14-15H2,(H,44,45)(H,46,47)/b10-4+/t29-,30+,32-,33-/m1/s1. The first kappa shape index (κ1) is 36.2. The number of fused-ring (bicyclic) bond motifs is 1. The lowest BCUT2D eigenvalue weighted by Gasteiger charge is -2.33. The summed E-state index contributed by atoms with van der Waals surface area (Å²) in [6, 6.07) is 15.0. The molecular weight excluding hydrogens is 688 g/mol. The molecule has 0 saturated carbocycles. The van der Waals surface area contributed by atoms with Gasteiger partial charge in [0.2, 0.25) is 18.3 Å². The summed E-state index contributed by atoms with van der Waals surface area (Å²) < 4.78 is 22.4. The van der Waals surface area contributed by atoms with Crippen LogP contribution in [0.25, 0.3) is 6.08 Å². The maximum absolute atomic E-state index is 13.6. The van der Waals surface area contributed by atoms with Gasteiger partial charge in [0.25, 0.3) is 0 Å². The van der Waals surface area contributed by atoms with E-state index in [0.717, 1.165) is 42.5 Å². The van der Waals surface area contributed by atoms with E-state index in [1.165, 1.54) is 42.5 Å². The van der Waals surface area contributed by atoms with Gasteiger partial charge in [-0.3, -0.25) is 0 Å². The second-order valence-corrected chi connectivity index (χ2v) is 11.4. The Kier molecular flexibility index (Phi) is 10.6. The third kappa shape index (κ3) is 8.54. The number of ether oxygens (including phenoxy) is 4. The second-order valence-electron chi connectivity index (χ2n) is 11.4. The Hall–Kier alpha value is -7.10. The number of carboxylic acid groups (broad SMARTS) is 2. The first-order valence-electron chi connectivity index (χ1n) is 15.2. The number of carbonyl (C=O) groups excluding carboxylic acids is 2. The number of phenolic OH excluding ortho intramolecular Hbond substituents is 6. The maximum Gasteiger partial charge on any atom is 0.352 e. The molecule has 0 aliphatic carbocycles. The molecule has 5 rings (SSSR count). The highest BCUT2D eigenvalue weighted by molar-refractivity contribution is 5.89. The molecule has 0 unspecified atom stereocenters. The fourth-order valence-electron chi connectivity index (χ4n) is 5.08. The van der Waals surface area contributed by atoms with Gasteiger partial charge in [-0.15, -0.1) is 0 Å². The fourth-order valence-corrected chi connectivity index (χ4v) is 5.08. The Balaban J connectivity index is 1.36. The van der Waals surface area contributed by atoms with Crippen LogP contribution in [0, 0.1) is 0 Å². The van der Waals surface area contributed by atoms with Crippen molar-refractivity contribution in [3.63, 3.8) is 0 Å². The van der Waals surface area contributed by atoms with Gasteiger partial charge in [-0.2, -0.15) is 0 Å². The zero-order valence-electron chi connectivity index (χ0n) is 26.7. The van der Waals surface area contributed by atoms with Gasteiger partial charge in [-0.25, -0.2) is 19.2 Å². The number of esters is 2. The number of aliphatic carboxylic acids is 2. The molecule has 52 heavy (non-hydrogen) atoms. The summed E-state index contributed by atoms with van der Waals surface area (Å²) in [4.78, 5) is 49.9. The van der Waals surface area contributed by atoms with Crippen molar-refractivity contribution in [2.45, 2.75) is 37.3 Å². The van der Waals surface area contributed by atoms with Gasteiger partial charge >= 0.3 is 23.9 Å². The van der Waals surface area contributed by atoms with Gasteiger partial charge < -0.3 is 59.8 Å². The smallest absolute Gasteiger partial charge is 0.352 e. The van der Waals surface area contributed by atoms with Gasteiger partial charge in [0.1, 0.15) is 0 Å². The Morgan fingerprint density at radius 3 is 1.69 bits per heavy atom. The van der Waals surface area contributed by atoms with Crippen molar-refractivity contribution in [2.24, 2.45) is 0 Å². The van der Waals surface area contributed by atoms with Gasteiger partial charge in [0.15, 0.2) is 52.1 Å². The van der Waals surface area contributed by atoms with E-state index < -0.39 is 89.2 Å². The minimum absolute atomic E-state index is 0.0531. The van der Waals surface area contributed by atoms with Crippen molar-refractivity contribution in [1.29, 1.82) is 0 Å². The first-order chi connectivity index (χ1) is 24.7. The fraction of sp³-hybridized carbons (Fsp3) is 0.167. The molecule has 270 valence electrons. The number of benzene rings is 4. The number of carbonyl (C=O) groups is 4. The predicted molar refractivity (Wildman–Crippen MR) is 175 cm³/mol. The summed E-state index contributed by atoms with van der Waals surface area (Å²) in [5.74, 6) is -8.08. The first-order valence-corrected chi connectivity index (χ1v) is 15.2. The average molecular weight is 719 g/mol. The third-order valence-electron chi connectivity index (χ3n) is 7.71. The third-order valence-corrected chi connectivity index (χ3v) is 7.71. The summed E-state index contributed by atoms with van der Waals surface area (Å²) in [5, 5.41) is 77.8. The van der Waals surface area contributed by atoms with Crippen LogP contribution in [0.3, 0.4) is 0 Å². The van der Waals surface area contributed by atoms with Crippen molar-refractivity contribution in [3.05, 3.63) is 101 Å². The normalized spacial score (nSPS) is 16.1. The Morgan fingerprint density at radius 1 is 0.615 bits per heavy atom. The van der Waals surface area contributed by atoms with Crippen LogP contribution in [0.2, 0.25) is 0 Å². The Morgan fingerprint density at radius 2 is 1.15 bits per heavy atom. The van der Waals surface area contributed by atoms with Crippen LogP contribution in [0.5, 0.6) is 46.0 Å². The molecule has 16 heteroatoms. The van der Waals surface area contributed by atoms with Crippen LogP contribution in [-0.4, -0.2) is 83.0 Å². The quantitative estimate of drug-likeness (QED) is 0.0593. The minimum Gasteiger partial charge on any atom is -0.504 e. The monoisotopic (exact) mass is 718 g/mol. The Bertz CT molecular complexity index is 2050. The largest absolute Gasteiger partial charge is 0.504 e. The number of carboxylic acids is 2. The van der Waals surface area contributed by atoms with Crippen molar-refractivity contribution in [1.82, 2.24) is 0 Å². The molecule has 0 amide bonds. The molecule has 16 nitrogen and oxygen atoms in total. The van der Waals surface area contributed by atoms with E-state index in [1.807, 2.05) is 0 Å². The van der Waals surface area contributed by atoms with E-state index >= 15 is 0 Å². The zero-order valence-corrected chi connectivity index (χ0v) is 26.7. The zero-order chi connectivity index (χ0) is 37.7. The minimum atomic E-state index is -1.79. The molecule has 0 radical (unpaired) electrons. The van der Waals surface area contributed by atoms with Gasteiger partial charge in [-0.1, -0.05) is 24.3 Å². The number of phenols is 6. The number of rotatable bonds is 12. The molecule has 1 aliphatic rings. The lowest BCUT2D eigenvalue weighted by Crippen LogP contribution is -2.43. The van der Waals surface area contributed by atoms with Crippen LogP contribution in [-0.2, 0) is 41.5 Å². The van der Waals surface area contributed by atoms with Gasteiger partial charge in [0.05, 0.1) is 0 Å². The summed E-state index contributed by atoms with van der Waals surface area (Å²) in [6.07, 6.45) is -4.99. The molecule has 4 aromatic carbocycles. The van der Waals surface area contributed by atoms with E-state index in [1.54, 1.807) is 0 Å². The van der Waals surface area contributed by atoms with Crippen molar-refractivity contribution in [2.75, 3.05) is 0 Å². The van der Waals surface area contributed by atoms with E-state index in [2.05, 4.69) is 0 Å². The lowest BCUT2D eigenvalue weighted by molar-refractivity contribution is -0.173. The molecule has 0 aromatic heterocycles. The van der Waals surface area contributed by atoms with E-state index in [-0.39, 0.29) is 40.2 Å². The van der Waals surface area contributed by atoms with Crippen molar-refractivity contribution in [3.8, 4) is 46.0 Å². The molecule has 0 bridgehead atoms. The van der Waals surface area contributed by atoms with Crippen molar-refractivity contribution < 1.29 is 79.0 Å². The molecule has 0 spiro atoms. The lowest BCUT2D eigenvalue weighted by atomic mass is 10.0. The van der Waals surface area contributed by atoms with E-state index in [0.29, 0.717) is 0 Å².